The normalized spacial score (nSPS) is 14.1. The molecule has 0 aliphatic rings. The first-order valence-corrected chi connectivity index (χ1v) is 22.5. The second kappa shape index (κ2) is 40.1. The third-order valence-electron chi connectivity index (χ3n) is 8.23. The van der Waals surface area contributed by atoms with Crippen molar-refractivity contribution >= 4 is 25.5 Å². The number of esters is 2. The molecule has 0 radical (unpaired) electrons. The molecule has 0 heterocycles. The molecule has 11 heteroatoms. The highest BCUT2D eigenvalue weighted by Crippen LogP contribution is 2.43. The Balaban J connectivity index is 4.42. The van der Waals surface area contributed by atoms with Crippen molar-refractivity contribution in [1.29, 1.82) is 0 Å². The predicted molar refractivity (Wildman–Crippen MR) is 229 cm³/mol. The summed E-state index contributed by atoms with van der Waals surface area (Å²) in [6.07, 6.45) is 46.1. The van der Waals surface area contributed by atoms with E-state index in [9.17, 15) is 23.8 Å². The Hall–Kier alpha value is -3.14. The number of ketones is 1. The van der Waals surface area contributed by atoms with Gasteiger partial charge in [0, 0.05) is 25.8 Å². The molecule has 0 aromatic rings. The molecule has 0 amide bonds. The summed E-state index contributed by atoms with van der Waals surface area (Å²) >= 11 is 0. The Morgan fingerprint density at radius 1 is 0.589 bits per heavy atom. The Morgan fingerprint density at radius 3 is 1.71 bits per heavy atom. The van der Waals surface area contributed by atoms with E-state index in [0.717, 1.165) is 51.4 Å². The number of rotatable bonds is 38. The largest absolute Gasteiger partial charge is 0.472 e. The lowest BCUT2D eigenvalue weighted by Gasteiger charge is -2.19. The van der Waals surface area contributed by atoms with Crippen LogP contribution in [0, 0.1) is 0 Å². The van der Waals surface area contributed by atoms with Gasteiger partial charge in [0.2, 0.25) is 0 Å². The van der Waals surface area contributed by atoms with Gasteiger partial charge in [0.25, 0.3) is 0 Å². The van der Waals surface area contributed by atoms with Gasteiger partial charge in [-0.3, -0.25) is 23.4 Å². The van der Waals surface area contributed by atoms with Crippen molar-refractivity contribution in [1.82, 2.24) is 0 Å². The minimum atomic E-state index is -4.42. The molecule has 0 saturated heterocycles. The molecule has 0 fully saturated rings. The van der Waals surface area contributed by atoms with E-state index in [1.807, 2.05) is 30.4 Å². The van der Waals surface area contributed by atoms with Crippen LogP contribution in [0.25, 0.3) is 0 Å². The molecule has 0 aliphatic carbocycles. The van der Waals surface area contributed by atoms with Gasteiger partial charge < -0.3 is 20.1 Å². The number of allylic oxidation sites excluding steroid dienone is 14. The average molecular weight is 804 g/mol. The number of phosphoric ester groups is 1. The van der Waals surface area contributed by atoms with Gasteiger partial charge in [-0.25, -0.2) is 4.57 Å². The number of unbranched alkanes of at least 4 members (excludes halogenated alkanes) is 10. The molecule has 0 aromatic heterocycles. The second-order valence-electron chi connectivity index (χ2n) is 13.5. The number of carbonyl (C=O) groups excluding carboxylic acids is 3. The van der Waals surface area contributed by atoms with Crippen LogP contribution in [0.15, 0.2) is 85.1 Å². The molecule has 0 bridgehead atoms. The zero-order valence-electron chi connectivity index (χ0n) is 34.6. The van der Waals surface area contributed by atoms with E-state index in [2.05, 4.69) is 56.4 Å². The smallest absolute Gasteiger partial charge is 0.462 e. The molecule has 0 aliphatic heterocycles. The molecule has 0 saturated carbocycles. The monoisotopic (exact) mass is 804 g/mol. The van der Waals surface area contributed by atoms with Crippen LogP contribution in [0.2, 0.25) is 0 Å². The second-order valence-corrected chi connectivity index (χ2v) is 15.0. The van der Waals surface area contributed by atoms with Gasteiger partial charge in [-0.05, 0) is 76.7 Å². The van der Waals surface area contributed by atoms with Crippen LogP contribution in [0.3, 0.4) is 0 Å². The molecule has 10 nitrogen and oxygen atoms in total. The molecule has 3 N–H and O–H groups in total. The summed E-state index contributed by atoms with van der Waals surface area (Å²) < 4.78 is 32.6. The van der Waals surface area contributed by atoms with E-state index in [0.29, 0.717) is 32.1 Å². The van der Waals surface area contributed by atoms with E-state index < -0.39 is 32.5 Å². The number of hydrogen-bond donors (Lipinski definition) is 2. The Labute approximate surface area is 339 Å². The number of carbonyl (C=O) groups is 3. The summed E-state index contributed by atoms with van der Waals surface area (Å²) in [5, 5.41) is 0. The highest BCUT2D eigenvalue weighted by Gasteiger charge is 2.25. The summed E-state index contributed by atoms with van der Waals surface area (Å²) in [7, 11) is -4.42. The fourth-order valence-corrected chi connectivity index (χ4v) is 5.83. The minimum absolute atomic E-state index is 0.0249. The van der Waals surface area contributed by atoms with Crippen molar-refractivity contribution in [3.63, 3.8) is 0 Å². The van der Waals surface area contributed by atoms with Crippen molar-refractivity contribution in [3.8, 4) is 0 Å². The molecular weight excluding hydrogens is 729 g/mol. The van der Waals surface area contributed by atoms with Crippen LogP contribution in [0.4, 0.5) is 0 Å². The van der Waals surface area contributed by atoms with Crippen molar-refractivity contribution in [2.75, 3.05) is 26.4 Å². The van der Waals surface area contributed by atoms with Gasteiger partial charge in [-0.15, -0.1) is 0 Å². The third-order valence-corrected chi connectivity index (χ3v) is 9.21. The molecule has 0 rings (SSSR count). The molecular formula is C45H74NO9P. The summed E-state index contributed by atoms with van der Waals surface area (Å²) in [4.78, 5) is 46.5. The summed E-state index contributed by atoms with van der Waals surface area (Å²) in [5.41, 5.74) is 5.33. The standard InChI is InChI=1S/C45H74NO9P/c1-3-5-7-8-9-10-11-12-13-14-15-16-19-23-26-29-33-37-45(49)55-43(41-54-56(50,51)53-39-38-46)40-52-44(48)36-32-28-25-22-20-17-18-21-24-27-31-35-42(47)34-30-6-4-2/h12-13,15-18,22-27,31,35,43H,3-11,14,19-21,28-30,32-34,36-41,46H2,1-2H3,(H,50,51)/b13-12-,16-15-,18-17-,25-22-,26-23-,27-24-,35-31+/t43-/m1/s1. The highest BCUT2D eigenvalue weighted by molar-refractivity contribution is 7.47. The van der Waals surface area contributed by atoms with Crippen LogP contribution in [-0.4, -0.2) is 55.1 Å². The summed E-state index contributed by atoms with van der Waals surface area (Å²) in [6, 6.07) is 0. The van der Waals surface area contributed by atoms with Gasteiger partial charge in [-0.2, -0.15) is 0 Å². The Bertz CT molecular complexity index is 1250. The van der Waals surface area contributed by atoms with E-state index in [1.165, 1.54) is 38.5 Å². The number of phosphoric acid groups is 1. The van der Waals surface area contributed by atoms with E-state index in [-0.39, 0.29) is 38.4 Å². The molecule has 56 heavy (non-hydrogen) atoms. The van der Waals surface area contributed by atoms with Crippen molar-refractivity contribution in [2.45, 2.75) is 155 Å². The third kappa shape index (κ3) is 39.1. The molecule has 0 aromatic carbocycles. The van der Waals surface area contributed by atoms with Crippen molar-refractivity contribution in [3.05, 3.63) is 85.1 Å². The van der Waals surface area contributed by atoms with Crippen LogP contribution >= 0.6 is 7.82 Å². The SMILES string of the molecule is CCCCCCCC/C=C\C/C=C\C/C=C\CCCC(=O)O[C@H](COC(=O)CCC/C=C\C/C=C\C/C=C\C=C\C(=O)CCCCC)COP(=O)(O)OCCN. The van der Waals surface area contributed by atoms with Gasteiger partial charge in [-0.1, -0.05) is 138 Å². The van der Waals surface area contributed by atoms with Crippen molar-refractivity contribution in [2.24, 2.45) is 5.73 Å². The van der Waals surface area contributed by atoms with Gasteiger partial charge in [0.1, 0.15) is 6.61 Å². The molecule has 318 valence electrons. The Kier molecular flexibility index (Phi) is 37.8. The quantitative estimate of drug-likeness (QED) is 0.0154. The van der Waals surface area contributed by atoms with Crippen molar-refractivity contribution < 1.29 is 42.4 Å². The topological polar surface area (TPSA) is 151 Å². The predicted octanol–water partition coefficient (Wildman–Crippen LogP) is 11.2. The first kappa shape index (κ1) is 52.9. The lowest BCUT2D eigenvalue weighted by molar-refractivity contribution is -0.161. The fourth-order valence-electron chi connectivity index (χ4n) is 5.07. The molecule has 0 spiro atoms. The maximum absolute atomic E-state index is 12.5. The molecule has 2 atom stereocenters. The van der Waals surface area contributed by atoms with E-state index in [1.54, 1.807) is 12.2 Å². The average Bonchev–Trinajstić information content (AvgIpc) is 3.18. The fraction of sp³-hybridized carbons (Fsp3) is 0.622. The number of ether oxygens (including phenoxy) is 2. The first-order valence-electron chi connectivity index (χ1n) is 21.0. The maximum atomic E-state index is 12.5. The maximum Gasteiger partial charge on any atom is 0.472 e. The van der Waals surface area contributed by atoms with Crippen LogP contribution < -0.4 is 5.73 Å². The zero-order valence-corrected chi connectivity index (χ0v) is 35.5. The first-order chi connectivity index (χ1) is 27.2. The number of nitrogens with two attached hydrogens (primary N) is 1. The Morgan fingerprint density at radius 2 is 1.11 bits per heavy atom. The van der Waals surface area contributed by atoms with Crippen LogP contribution in [0.5, 0.6) is 0 Å². The van der Waals surface area contributed by atoms with E-state index in [4.69, 9.17) is 24.3 Å². The summed E-state index contributed by atoms with van der Waals surface area (Å²) in [5.74, 6) is -0.834. The summed E-state index contributed by atoms with van der Waals surface area (Å²) in [6.45, 7) is 3.39. The minimum Gasteiger partial charge on any atom is -0.462 e. The lowest BCUT2D eigenvalue weighted by atomic mass is 10.1. The van der Waals surface area contributed by atoms with Gasteiger partial charge >= 0.3 is 19.8 Å². The molecule has 1 unspecified atom stereocenters. The van der Waals surface area contributed by atoms with Crippen LogP contribution in [0.1, 0.15) is 149 Å². The lowest BCUT2D eigenvalue weighted by Crippen LogP contribution is -2.29. The van der Waals surface area contributed by atoms with Gasteiger partial charge in [0.15, 0.2) is 11.9 Å². The van der Waals surface area contributed by atoms with Gasteiger partial charge in [0.05, 0.1) is 13.2 Å². The zero-order chi connectivity index (χ0) is 41.2. The van der Waals surface area contributed by atoms with Crippen LogP contribution in [-0.2, 0) is 37.5 Å². The highest BCUT2D eigenvalue weighted by atomic mass is 31.2. The van der Waals surface area contributed by atoms with E-state index >= 15 is 0 Å². The number of hydrogen-bond acceptors (Lipinski definition) is 9.